The van der Waals surface area contributed by atoms with Gasteiger partial charge in [0.15, 0.2) is 5.58 Å². The van der Waals surface area contributed by atoms with Gasteiger partial charge >= 0.3 is 0 Å². The first-order valence-electron chi connectivity index (χ1n) is 15.6. The third kappa shape index (κ3) is 4.33. The number of rotatable bonds is 5. The Balaban J connectivity index is 1.22. The largest absolute Gasteiger partial charge is 0.435 e. The third-order valence-electron chi connectivity index (χ3n) is 8.87. The molecule has 9 rings (SSSR count). The highest BCUT2D eigenvalue weighted by atomic mass is 16.3. The van der Waals surface area contributed by atoms with Crippen molar-refractivity contribution in [1.29, 1.82) is 0 Å². The highest BCUT2D eigenvalue weighted by molar-refractivity contribution is 6.23. The molecule has 8 aromatic carbocycles. The Morgan fingerprint density at radius 3 is 1.85 bits per heavy atom. The standard InChI is InChI=1S/C43H28N2O/c1-3-13-31(14-4-1)43-44-41-38-20-10-9-19-37(38)40-28-34(26-27-39(40)42(41)46-43)45(32-16-5-2-6-17-32)33-24-22-30(23-25-33)36-21-11-15-29-12-7-8-18-35(29)36/h1-28H. The highest BCUT2D eigenvalue weighted by Gasteiger charge is 2.19. The zero-order valence-corrected chi connectivity index (χ0v) is 25.0. The SMILES string of the molecule is c1ccc(-c2nc3c4ccccc4c4cc(N(c5ccccc5)c5ccc(-c6cccc7ccccc67)cc5)ccc4c3o2)cc1. The van der Waals surface area contributed by atoms with Crippen molar-refractivity contribution in [3.05, 3.63) is 170 Å². The van der Waals surface area contributed by atoms with E-state index in [9.17, 15) is 0 Å². The molecule has 0 radical (unpaired) electrons. The first-order chi connectivity index (χ1) is 22.8. The van der Waals surface area contributed by atoms with Crippen molar-refractivity contribution in [2.24, 2.45) is 0 Å². The monoisotopic (exact) mass is 588 g/mol. The van der Waals surface area contributed by atoms with Crippen LogP contribution in [-0.4, -0.2) is 4.98 Å². The average Bonchev–Trinajstić information content (AvgIpc) is 3.59. The summed E-state index contributed by atoms with van der Waals surface area (Å²) in [5.74, 6) is 0.634. The van der Waals surface area contributed by atoms with Crippen LogP contribution >= 0.6 is 0 Å². The van der Waals surface area contributed by atoms with Crippen LogP contribution in [0.1, 0.15) is 0 Å². The van der Waals surface area contributed by atoms with Crippen molar-refractivity contribution < 1.29 is 4.42 Å². The van der Waals surface area contributed by atoms with Gasteiger partial charge in [-0.25, -0.2) is 4.98 Å². The molecule has 46 heavy (non-hydrogen) atoms. The second-order valence-electron chi connectivity index (χ2n) is 11.6. The van der Waals surface area contributed by atoms with E-state index in [0.29, 0.717) is 5.89 Å². The minimum Gasteiger partial charge on any atom is -0.435 e. The molecule has 216 valence electrons. The molecule has 3 heteroatoms. The van der Waals surface area contributed by atoms with Crippen LogP contribution in [0.4, 0.5) is 17.1 Å². The van der Waals surface area contributed by atoms with Crippen molar-refractivity contribution in [3.8, 4) is 22.6 Å². The molecule has 0 aliphatic carbocycles. The normalized spacial score (nSPS) is 11.5. The average molecular weight is 589 g/mol. The first kappa shape index (κ1) is 26.2. The maximum absolute atomic E-state index is 6.51. The maximum Gasteiger partial charge on any atom is 0.227 e. The van der Waals surface area contributed by atoms with E-state index in [1.165, 1.54) is 21.9 Å². The molecule has 3 nitrogen and oxygen atoms in total. The molecule has 0 aliphatic rings. The fraction of sp³-hybridized carbons (Fsp3) is 0. The minimum atomic E-state index is 0.634. The van der Waals surface area contributed by atoms with Crippen LogP contribution in [-0.2, 0) is 0 Å². The lowest BCUT2D eigenvalue weighted by Gasteiger charge is -2.26. The zero-order valence-electron chi connectivity index (χ0n) is 25.0. The Morgan fingerprint density at radius 1 is 0.413 bits per heavy atom. The fourth-order valence-corrected chi connectivity index (χ4v) is 6.70. The maximum atomic E-state index is 6.51. The number of aromatic nitrogens is 1. The molecule has 1 heterocycles. The van der Waals surface area contributed by atoms with Crippen LogP contribution in [0.25, 0.3) is 66.0 Å². The number of hydrogen-bond donors (Lipinski definition) is 0. The fourth-order valence-electron chi connectivity index (χ4n) is 6.70. The summed E-state index contributed by atoms with van der Waals surface area (Å²) in [5, 5.41) is 6.91. The van der Waals surface area contributed by atoms with Crippen LogP contribution < -0.4 is 4.90 Å². The second-order valence-corrected chi connectivity index (χ2v) is 11.6. The molecular weight excluding hydrogens is 560 g/mol. The summed E-state index contributed by atoms with van der Waals surface area (Å²) in [7, 11) is 0. The van der Waals surface area contributed by atoms with E-state index >= 15 is 0 Å². The van der Waals surface area contributed by atoms with Gasteiger partial charge in [-0.3, -0.25) is 0 Å². The van der Waals surface area contributed by atoms with E-state index < -0.39 is 0 Å². The lowest BCUT2D eigenvalue weighted by atomic mass is 9.97. The van der Waals surface area contributed by atoms with E-state index in [4.69, 9.17) is 9.40 Å². The van der Waals surface area contributed by atoms with Crippen molar-refractivity contribution in [1.82, 2.24) is 4.98 Å². The highest BCUT2D eigenvalue weighted by Crippen LogP contribution is 2.42. The second kappa shape index (κ2) is 10.8. The Bertz CT molecular complexity index is 2510. The van der Waals surface area contributed by atoms with Crippen LogP contribution in [0, 0.1) is 0 Å². The van der Waals surface area contributed by atoms with Crippen LogP contribution in [0.5, 0.6) is 0 Å². The van der Waals surface area contributed by atoms with Gasteiger partial charge in [-0.15, -0.1) is 0 Å². The van der Waals surface area contributed by atoms with E-state index in [0.717, 1.165) is 55.3 Å². The molecule has 0 spiro atoms. The Hall–Kier alpha value is -6.19. The number of benzene rings is 8. The summed E-state index contributed by atoms with van der Waals surface area (Å²) in [6.45, 7) is 0. The topological polar surface area (TPSA) is 29.3 Å². The lowest BCUT2D eigenvalue weighted by molar-refractivity contribution is 0.623. The predicted octanol–water partition coefficient (Wildman–Crippen LogP) is 12.1. The number of hydrogen-bond acceptors (Lipinski definition) is 3. The Morgan fingerprint density at radius 2 is 1.04 bits per heavy atom. The summed E-state index contributed by atoms with van der Waals surface area (Å²) in [6.07, 6.45) is 0. The molecular formula is C43H28N2O. The number of oxazole rings is 1. The van der Waals surface area contributed by atoms with Gasteiger partial charge in [0.1, 0.15) is 5.52 Å². The molecule has 0 unspecified atom stereocenters. The number of para-hydroxylation sites is 1. The van der Waals surface area contributed by atoms with E-state index in [1.807, 2.05) is 30.3 Å². The van der Waals surface area contributed by atoms with Gasteiger partial charge in [0, 0.05) is 33.4 Å². The third-order valence-corrected chi connectivity index (χ3v) is 8.87. The Kier molecular flexibility index (Phi) is 6.14. The molecule has 1 aromatic heterocycles. The Labute approximate surface area is 266 Å². The van der Waals surface area contributed by atoms with Crippen molar-refractivity contribution in [2.45, 2.75) is 0 Å². The minimum absolute atomic E-state index is 0.634. The molecule has 0 saturated carbocycles. The number of nitrogens with zero attached hydrogens (tertiary/aromatic N) is 2. The van der Waals surface area contributed by atoms with E-state index in [-0.39, 0.29) is 0 Å². The van der Waals surface area contributed by atoms with Crippen molar-refractivity contribution >= 4 is 60.5 Å². The molecule has 0 fully saturated rings. The molecule has 0 saturated heterocycles. The summed E-state index contributed by atoms with van der Waals surface area (Å²) in [4.78, 5) is 7.31. The lowest BCUT2D eigenvalue weighted by Crippen LogP contribution is -2.09. The van der Waals surface area contributed by atoms with Gasteiger partial charge in [-0.1, -0.05) is 115 Å². The molecule has 0 bridgehead atoms. The first-order valence-corrected chi connectivity index (χ1v) is 15.6. The zero-order chi connectivity index (χ0) is 30.5. The smallest absolute Gasteiger partial charge is 0.227 e. The van der Waals surface area contributed by atoms with Crippen molar-refractivity contribution in [3.63, 3.8) is 0 Å². The molecule has 0 amide bonds. The summed E-state index contributed by atoms with van der Waals surface area (Å²) in [5.41, 5.74) is 8.35. The van der Waals surface area contributed by atoms with Crippen LogP contribution in [0.15, 0.2) is 174 Å². The number of fused-ring (bicyclic) bond motifs is 7. The summed E-state index contributed by atoms with van der Waals surface area (Å²) < 4.78 is 6.51. The molecule has 0 atom stereocenters. The predicted molar refractivity (Wildman–Crippen MR) is 192 cm³/mol. The van der Waals surface area contributed by atoms with E-state index in [1.54, 1.807) is 0 Å². The number of anilines is 3. The van der Waals surface area contributed by atoms with Gasteiger partial charge in [0.25, 0.3) is 0 Å². The van der Waals surface area contributed by atoms with Gasteiger partial charge in [-0.05, 0) is 87.3 Å². The van der Waals surface area contributed by atoms with Crippen LogP contribution in [0.3, 0.4) is 0 Å². The summed E-state index contributed by atoms with van der Waals surface area (Å²) >= 11 is 0. The quantitative estimate of drug-likeness (QED) is 0.187. The van der Waals surface area contributed by atoms with Gasteiger partial charge < -0.3 is 9.32 Å². The molecule has 0 N–H and O–H groups in total. The summed E-state index contributed by atoms with van der Waals surface area (Å²) in [6, 6.07) is 59.8. The van der Waals surface area contributed by atoms with Crippen molar-refractivity contribution in [2.75, 3.05) is 4.90 Å². The van der Waals surface area contributed by atoms with Gasteiger partial charge in [0.2, 0.25) is 5.89 Å². The van der Waals surface area contributed by atoms with Crippen LogP contribution in [0.2, 0.25) is 0 Å². The molecule has 0 aliphatic heterocycles. The van der Waals surface area contributed by atoms with E-state index in [2.05, 4.69) is 144 Å². The molecule has 9 aromatic rings. The van der Waals surface area contributed by atoms with Gasteiger partial charge in [0.05, 0.1) is 0 Å². The van der Waals surface area contributed by atoms with Gasteiger partial charge in [-0.2, -0.15) is 0 Å².